The first-order valence-corrected chi connectivity index (χ1v) is 8.75. The summed E-state index contributed by atoms with van der Waals surface area (Å²) in [6.45, 7) is 6.86. The van der Waals surface area contributed by atoms with Crippen molar-refractivity contribution in [3.63, 3.8) is 0 Å². The lowest BCUT2D eigenvalue weighted by molar-refractivity contribution is -0.151. The van der Waals surface area contributed by atoms with Crippen LogP contribution in [0.5, 0.6) is 0 Å². The second-order valence-electron chi connectivity index (χ2n) is 6.39. The fourth-order valence-corrected chi connectivity index (χ4v) is 3.18. The second-order valence-corrected chi connectivity index (χ2v) is 6.39. The first kappa shape index (κ1) is 17.4. The Hall–Kier alpha value is -2.39. The van der Waals surface area contributed by atoms with Gasteiger partial charge >= 0.3 is 5.97 Å². The molecule has 2 aromatic carbocycles. The predicted octanol–water partition coefficient (Wildman–Crippen LogP) is 4.46. The van der Waals surface area contributed by atoms with Gasteiger partial charge in [-0.25, -0.2) is 4.79 Å². The van der Waals surface area contributed by atoms with Gasteiger partial charge in [-0.1, -0.05) is 59.7 Å². The molecule has 1 saturated heterocycles. The molecule has 0 amide bonds. The molecule has 0 saturated carbocycles. The number of hydrogen-bond donors (Lipinski definition) is 0. The monoisotopic (exact) mass is 336 g/mol. The van der Waals surface area contributed by atoms with Crippen molar-refractivity contribution in [1.82, 2.24) is 0 Å². The van der Waals surface area contributed by atoms with Crippen molar-refractivity contribution in [1.29, 1.82) is 0 Å². The minimum atomic E-state index is -0.613. The van der Waals surface area contributed by atoms with Crippen LogP contribution in [0.3, 0.4) is 0 Å². The normalized spacial score (nSPS) is 16.8. The Morgan fingerprint density at radius 3 is 2.00 bits per heavy atom. The molecule has 130 valence electrons. The van der Waals surface area contributed by atoms with Crippen molar-refractivity contribution >= 4 is 11.5 Å². The topological polar surface area (TPSA) is 35.5 Å². The van der Waals surface area contributed by atoms with E-state index in [1.807, 2.05) is 6.92 Å². The van der Waals surface area contributed by atoms with Crippen LogP contribution in [-0.2, 0) is 14.3 Å². The Kier molecular flexibility index (Phi) is 5.34. The Morgan fingerprint density at radius 1 is 1.00 bits per heavy atom. The maximum absolute atomic E-state index is 12.3. The summed E-state index contributed by atoms with van der Waals surface area (Å²) in [6.07, 6.45) is 0.123. The van der Waals surface area contributed by atoms with E-state index in [9.17, 15) is 4.79 Å². The Morgan fingerprint density at radius 2 is 1.52 bits per heavy atom. The van der Waals surface area contributed by atoms with Gasteiger partial charge in [0.2, 0.25) is 0 Å². The predicted molar refractivity (Wildman–Crippen MR) is 99.4 cm³/mol. The minimum absolute atomic E-state index is 0.299. The van der Waals surface area contributed by atoms with Crippen molar-refractivity contribution in [2.45, 2.75) is 33.3 Å². The van der Waals surface area contributed by atoms with E-state index in [-0.39, 0.29) is 5.97 Å². The molecule has 3 heteroatoms. The molecule has 3 nitrogen and oxygen atoms in total. The van der Waals surface area contributed by atoms with Gasteiger partial charge in [0.05, 0.1) is 13.2 Å². The molecule has 1 aliphatic rings. The fourth-order valence-electron chi connectivity index (χ4n) is 3.18. The standard InChI is InChI=1S/C22H24O3/c1-4-24-22(23)21-19(13-14-25-21)20(17-9-5-15(2)6-10-17)18-11-7-16(3)8-12-18/h5-12,21H,4,13-14H2,1-3H3. The molecular formula is C22H24O3. The largest absolute Gasteiger partial charge is 0.464 e. The molecule has 1 atom stereocenters. The Balaban J connectivity index is 2.14. The van der Waals surface area contributed by atoms with Gasteiger partial charge in [-0.3, -0.25) is 0 Å². The molecule has 2 aromatic rings. The molecule has 0 spiro atoms. The van der Waals surface area contributed by atoms with Crippen LogP contribution < -0.4 is 0 Å². The molecule has 0 aliphatic carbocycles. The maximum atomic E-state index is 12.3. The maximum Gasteiger partial charge on any atom is 0.339 e. The number of rotatable bonds is 4. The lowest BCUT2D eigenvalue weighted by atomic mass is 9.89. The zero-order valence-corrected chi connectivity index (χ0v) is 15.0. The first-order valence-electron chi connectivity index (χ1n) is 8.75. The Bertz CT molecular complexity index is 722. The lowest BCUT2D eigenvalue weighted by Gasteiger charge is -2.17. The number of ether oxygens (including phenoxy) is 2. The van der Waals surface area contributed by atoms with Gasteiger partial charge in [-0.2, -0.15) is 0 Å². The van der Waals surface area contributed by atoms with Gasteiger partial charge in [0.25, 0.3) is 0 Å². The summed E-state index contributed by atoms with van der Waals surface area (Å²) >= 11 is 0. The second kappa shape index (κ2) is 7.66. The van der Waals surface area contributed by atoms with Gasteiger partial charge in [-0.15, -0.1) is 0 Å². The zero-order valence-electron chi connectivity index (χ0n) is 15.0. The summed E-state index contributed by atoms with van der Waals surface area (Å²) in [5.41, 5.74) is 6.71. The SMILES string of the molecule is CCOC(=O)C1OCCC1=C(c1ccc(C)cc1)c1ccc(C)cc1. The third-order valence-corrected chi connectivity index (χ3v) is 4.47. The van der Waals surface area contributed by atoms with E-state index in [1.54, 1.807) is 0 Å². The molecule has 0 N–H and O–H groups in total. The van der Waals surface area contributed by atoms with E-state index in [0.29, 0.717) is 13.2 Å². The smallest absolute Gasteiger partial charge is 0.339 e. The van der Waals surface area contributed by atoms with Crippen molar-refractivity contribution in [2.75, 3.05) is 13.2 Å². The van der Waals surface area contributed by atoms with Crippen LogP contribution in [0, 0.1) is 13.8 Å². The third-order valence-electron chi connectivity index (χ3n) is 4.47. The Labute approximate surface area is 149 Å². The van der Waals surface area contributed by atoms with E-state index in [1.165, 1.54) is 11.1 Å². The quantitative estimate of drug-likeness (QED) is 0.774. The highest BCUT2D eigenvalue weighted by Gasteiger charge is 2.33. The molecule has 1 aliphatic heterocycles. The number of carbonyl (C=O) groups is 1. The summed E-state index contributed by atoms with van der Waals surface area (Å²) in [5, 5.41) is 0. The van der Waals surface area contributed by atoms with Crippen molar-refractivity contribution in [3.8, 4) is 0 Å². The summed E-state index contributed by atoms with van der Waals surface area (Å²) in [6, 6.07) is 16.8. The minimum Gasteiger partial charge on any atom is -0.464 e. The van der Waals surface area contributed by atoms with Crippen LogP contribution in [-0.4, -0.2) is 25.3 Å². The molecule has 1 fully saturated rings. The van der Waals surface area contributed by atoms with Gasteiger partial charge < -0.3 is 9.47 Å². The summed E-state index contributed by atoms with van der Waals surface area (Å²) in [4.78, 5) is 12.3. The molecule has 0 radical (unpaired) electrons. The molecule has 3 rings (SSSR count). The molecule has 1 unspecified atom stereocenters. The molecule has 0 bridgehead atoms. The van der Waals surface area contributed by atoms with Crippen LogP contribution in [0.4, 0.5) is 0 Å². The highest BCUT2D eigenvalue weighted by Crippen LogP contribution is 2.35. The van der Waals surface area contributed by atoms with Gasteiger partial charge in [0, 0.05) is 0 Å². The van der Waals surface area contributed by atoms with Crippen LogP contribution in [0.2, 0.25) is 0 Å². The molecule has 25 heavy (non-hydrogen) atoms. The van der Waals surface area contributed by atoms with E-state index in [2.05, 4.69) is 62.4 Å². The van der Waals surface area contributed by atoms with Crippen LogP contribution in [0.15, 0.2) is 54.1 Å². The van der Waals surface area contributed by atoms with E-state index in [0.717, 1.165) is 28.7 Å². The van der Waals surface area contributed by atoms with Crippen molar-refractivity contribution in [2.24, 2.45) is 0 Å². The average molecular weight is 336 g/mol. The average Bonchev–Trinajstić information content (AvgIpc) is 3.08. The van der Waals surface area contributed by atoms with Crippen LogP contribution in [0.25, 0.3) is 5.57 Å². The summed E-state index contributed by atoms with van der Waals surface area (Å²) < 4.78 is 10.9. The highest BCUT2D eigenvalue weighted by molar-refractivity contribution is 5.89. The van der Waals surface area contributed by atoms with Gasteiger partial charge in [0.15, 0.2) is 6.10 Å². The molecule has 1 heterocycles. The number of benzene rings is 2. The third kappa shape index (κ3) is 3.83. The highest BCUT2D eigenvalue weighted by atomic mass is 16.6. The van der Waals surface area contributed by atoms with Gasteiger partial charge in [-0.05, 0) is 49.5 Å². The lowest BCUT2D eigenvalue weighted by Crippen LogP contribution is -2.24. The fraction of sp³-hybridized carbons (Fsp3) is 0.318. The zero-order chi connectivity index (χ0) is 17.8. The van der Waals surface area contributed by atoms with Gasteiger partial charge in [0.1, 0.15) is 0 Å². The molecular weight excluding hydrogens is 312 g/mol. The van der Waals surface area contributed by atoms with Crippen molar-refractivity contribution < 1.29 is 14.3 Å². The summed E-state index contributed by atoms with van der Waals surface area (Å²) in [7, 11) is 0. The van der Waals surface area contributed by atoms with Crippen LogP contribution in [0.1, 0.15) is 35.6 Å². The molecule has 0 aromatic heterocycles. The van der Waals surface area contributed by atoms with Crippen molar-refractivity contribution in [3.05, 3.63) is 76.4 Å². The number of hydrogen-bond acceptors (Lipinski definition) is 3. The number of aryl methyl sites for hydroxylation is 2. The number of esters is 1. The van der Waals surface area contributed by atoms with E-state index in [4.69, 9.17) is 9.47 Å². The summed E-state index contributed by atoms with van der Waals surface area (Å²) in [5.74, 6) is -0.299. The van der Waals surface area contributed by atoms with E-state index < -0.39 is 6.10 Å². The first-order chi connectivity index (χ1) is 12.1. The van der Waals surface area contributed by atoms with E-state index >= 15 is 0 Å². The van der Waals surface area contributed by atoms with Crippen LogP contribution >= 0.6 is 0 Å². The number of carbonyl (C=O) groups excluding carboxylic acids is 1.